The van der Waals surface area contributed by atoms with Crippen LogP contribution in [0.4, 0.5) is 5.88 Å². The first kappa shape index (κ1) is 14.7. The van der Waals surface area contributed by atoms with Crippen molar-refractivity contribution in [3.63, 3.8) is 0 Å². The number of pyridine rings is 1. The molecule has 0 fully saturated rings. The van der Waals surface area contributed by atoms with E-state index in [1.807, 2.05) is 35.7 Å². The molecule has 0 saturated carbocycles. The lowest BCUT2D eigenvalue weighted by atomic mass is 10.3. The van der Waals surface area contributed by atoms with Gasteiger partial charge in [-0.3, -0.25) is 14.5 Å². The summed E-state index contributed by atoms with van der Waals surface area (Å²) in [4.78, 5) is 15.3. The molecule has 0 aromatic carbocycles. The molecule has 0 N–H and O–H groups in total. The van der Waals surface area contributed by atoms with Gasteiger partial charge in [0.2, 0.25) is 10.8 Å². The van der Waals surface area contributed by atoms with E-state index in [0.29, 0.717) is 21.6 Å². The lowest BCUT2D eigenvalue weighted by Crippen LogP contribution is -1.96. The van der Waals surface area contributed by atoms with Crippen molar-refractivity contribution in [2.24, 2.45) is 0 Å². The average molecular weight is 367 g/mol. The largest absolute Gasteiger partial charge is 0.433 e. The number of fused-ring (bicyclic) bond motifs is 2. The second-order valence-electron chi connectivity index (χ2n) is 5.49. The fourth-order valence-electron chi connectivity index (χ4n) is 2.79. The van der Waals surface area contributed by atoms with E-state index in [2.05, 4.69) is 20.3 Å². The summed E-state index contributed by atoms with van der Waals surface area (Å²) >= 11 is 1.24. The average Bonchev–Trinajstić information content (AvgIpc) is 3.36. The van der Waals surface area contributed by atoms with Crippen LogP contribution >= 0.6 is 11.3 Å². The van der Waals surface area contributed by atoms with E-state index in [-0.39, 0.29) is 5.88 Å². The number of furan rings is 1. The molecule has 0 aliphatic rings. The van der Waals surface area contributed by atoms with Crippen LogP contribution in [-0.4, -0.2) is 34.1 Å². The van der Waals surface area contributed by atoms with Gasteiger partial charge in [0.1, 0.15) is 16.3 Å². The highest BCUT2D eigenvalue weighted by Gasteiger charge is 2.22. The molecule has 10 nitrogen and oxygen atoms in total. The predicted molar refractivity (Wildman–Crippen MR) is 91.9 cm³/mol. The van der Waals surface area contributed by atoms with Gasteiger partial charge < -0.3 is 4.42 Å². The van der Waals surface area contributed by atoms with Crippen LogP contribution < -0.4 is 0 Å². The Balaban J connectivity index is 1.69. The number of nitro groups is 1. The third-order valence-corrected chi connectivity index (χ3v) is 4.80. The van der Waals surface area contributed by atoms with Crippen molar-refractivity contribution in [1.29, 1.82) is 0 Å². The Morgan fingerprint density at radius 1 is 1.23 bits per heavy atom. The summed E-state index contributed by atoms with van der Waals surface area (Å²) < 4.78 is 8.74. The molecule has 0 amide bonds. The summed E-state index contributed by atoms with van der Waals surface area (Å²) in [5.74, 6) is 0.525. The topological polar surface area (TPSA) is 117 Å². The predicted octanol–water partition coefficient (Wildman–Crippen LogP) is 2.98. The normalized spacial score (nSPS) is 11.6. The number of aryl methyl sites for hydroxylation is 1. The van der Waals surface area contributed by atoms with Crippen molar-refractivity contribution in [3.05, 3.63) is 52.3 Å². The molecule has 5 aromatic heterocycles. The fraction of sp³-hybridized carbons (Fsp3) is 0.0667. The number of hydrogen-bond acceptors (Lipinski definition) is 8. The second kappa shape index (κ2) is 5.20. The Hall–Kier alpha value is -3.60. The van der Waals surface area contributed by atoms with Crippen LogP contribution in [0.3, 0.4) is 0 Å². The van der Waals surface area contributed by atoms with E-state index in [1.165, 1.54) is 23.5 Å². The van der Waals surface area contributed by atoms with E-state index < -0.39 is 4.92 Å². The first-order valence-corrected chi connectivity index (χ1v) is 8.34. The van der Waals surface area contributed by atoms with Gasteiger partial charge in [0.25, 0.3) is 0 Å². The van der Waals surface area contributed by atoms with Crippen LogP contribution in [0.5, 0.6) is 0 Å². The molecule has 0 spiro atoms. The Morgan fingerprint density at radius 3 is 2.92 bits per heavy atom. The van der Waals surface area contributed by atoms with Gasteiger partial charge in [0.15, 0.2) is 10.8 Å². The van der Waals surface area contributed by atoms with E-state index in [1.54, 1.807) is 4.52 Å². The van der Waals surface area contributed by atoms with E-state index >= 15 is 0 Å². The first-order valence-electron chi connectivity index (χ1n) is 7.53. The number of hydrogen-bond donors (Lipinski definition) is 0. The van der Waals surface area contributed by atoms with E-state index in [0.717, 1.165) is 17.0 Å². The second-order valence-corrected chi connectivity index (χ2v) is 6.45. The van der Waals surface area contributed by atoms with Gasteiger partial charge in [0.05, 0.1) is 11.8 Å². The van der Waals surface area contributed by atoms with Crippen molar-refractivity contribution in [1.82, 2.24) is 29.2 Å². The minimum Gasteiger partial charge on any atom is -0.398 e. The monoisotopic (exact) mass is 367 g/mol. The van der Waals surface area contributed by atoms with Crippen molar-refractivity contribution in [2.75, 3.05) is 0 Å². The standard InChI is InChI=1S/C15H9N7O3S/c1-8-12(20-7-3-2-4-10(20)16-8)13-17-18-15-21(13)19-14(26-15)9-5-6-11(25-9)22(23)24/h2-7H,1H3. The Morgan fingerprint density at radius 2 is 2.12 bits per heavy atom. The smallest absolute Gasteiger partial charge is 0.398 e. The molecule has 0 atom stereocenters. The summed E-state index contributed by atoms with van der Waals surface area (Å²) in [5, 5.41) is 24.2. The summed E-state index contributed by atoms with van der Waals surface area (Å²) in [6, 6.07) is 8.54. The Labute approximate surface area is 148 Å². The van der Waals surface area contributed by atoms with Gasteiger partial charge >= 0.3 is 5.88 Å². The van der Waals surface area contributed by atoms with Crippen molar-refractivity contribution in [2.45, 2.75) is 6.92 Å². The summed E-state index contributed by atoms with van der Waals surface area (Å²) in [7, 11) is 0. The maximum Gasteiger partial charge on any atom is 0.433 e. The van der Waals surface area contributed by atoms with E-state index in [4.69, 9.17) is 4.42 Å². The highest BCUT2D eigenvalue weighted by atomic mass is 32.1. The molecule has 0 aliphatic carbocycles. The SMILES string of the molecule is Cc1nc2ccccn2c1-c1nnc2sc(-c3ccc([N+](=O)[O-])o3)nn12. The molecule has 0 unspecified atom stereocenters. The Kier molecular flexibility index (Phi) is 2.94. The molecule has 128 valence electrons. The number of imidazole rings is 1. The molecule has 0 aliphatic heterocycles. The lowest BCUT2D eigenvalue weighted by Gasteiger charge is -1.99. The Bertz CT molecular complexity index is 1300. The molecule has 0 bridgehead atoms. The van der Waals surface area contributed by atoms with Crippen LogP contribution in [0.2, 0.25) is 0 Å². The van der Waals surface area contributed by atoms with E-state index in [9.17, 15) is 10.1 Å². The summed E-state index contributed by atoms with van der Waals surface area (Å²) in [5.41, 5.74) is 2.39. The molecular weight excluding hydrogens is 358 g/mol. The van der Waals surface area contributed by atoms with Gasteiger partial charge in [-0.25, -0.2) is 4.98 Å². The van der Waals surface area contributed by atoms with Crippen molar-refractivity contribution in [3.8, 4) is 22.3 Å². The molecule has 26 heavy (non-hydrogen) atoms. The molecular formula is C15H9N7O3S. The van der Waals surface area contributed by atoms with Gasteiger partial charge in [0, 0.05) is 6.20 Å². The molecule has 11 heteroatoms. The highest BCUT2D eigenvalue weighted by molar-refractivity contribution is 7.19. The lowest BCUT2D eigenvalue weighted by molar-refractivity contribution is -0.401. The number of aromatic nitrogens is 6. The number of nitrogens with zero attached hydrogens (tertiary/aromatic N) is 7. The van der Waals surface area contributed by atoms with Gasteiger partial charge in [-0.2, -0.15) is 4.52 Å². The zero-order chi connectivity index (χ0) is 17.8. The zero-order valence-electron chi connectivity index (χ0n) is 13.2. The zero-order valence-corrected chi connectivity index (χ0v) is 14.0. The highest BCUT2D eigenvalue weighted by Crippen LogP contribution is 2.32. The number of rotatable bonds is 3. The third-order valence-electron chi connectivity index (χ3n) is 3.89. The quantitative estimate of drug-likeness (QED) is 0.355. The van der Waals surface area contributed by atoms with Gasteiger partial charge in [-0.05, 0) is 25.1 Å². The van der Waals surface area contributed by atoms with Crippen molar-refractivity contribution < 1.29 is 9.34 Å². The van der Waals surface area contributed by atoms with Crippen LogP contribution in [0.25, 0.3) is 32.9 Å². The fourth-order valence-corrected chi connectivity index (χ4v) is 3.59. The molecule has 5 heterocycles. The molecule has 0 saturated heterocycles. The minimum atomic E-state index is -0.586. The maximum absolute atomic E-state index is 10.8. The van der Waals surface area contributed by atoms with Crippen LogP contribution in [0.15, 0.2) is 40.9 Å². The van der Waals surface area contributed by atoms with Crippen LogP contribution in [0, 0.1) is 17.0 Å². The van der Waals surface area contributed by atoms with Crippen molar-refractivity contribution >= 4 is 27.8 Å². The first-order chi connectivity index (χ1) is 12.6. The molecule has 5 rings (SSSR count). The molecule has 0 radical (unpaired) electrons. The summed E-state index contributed by atoms with van der Waals surface area (Å²) in [6.07, 6.45) is 1.90. The summed E-state index contributed by atoms with van der Waals surface area (Å²) in [6.45, 7) is 1.90. The van der Waals surface area contributed by atoms with Crippen LogP contribution in [0.1, 0.15) is 5.69 Å². The van der Waals surface area contributed by atoms with Gasteiger partial charge in [-0.15, -0.1) is 15.3 Å². The van der Waals surface area contributed by atoms with Gasteiger partial charge in [-0.1, -0.05) is 17.4 Å². The third kappa shape index (κ3) is 2.04. The maximum atomic E-state index is 10.8. The minimum absolute atomic E-state index is 0.313. The molecule has 5 aromatic rings. The van der Waals surface area contributed by atoms with Crippen LogP contribution in [-0.2, 0) is 0 Å².